The van der Waals surface area contributed by atoms with Gasteiger partial charge in [0.1, 0.15) is 13.2 Å². The number of carbonyl (C=O) groups excluding carboxylic acids is 2. The Labute approximate surface area is 208 Å². The molecule has 1 atom stereocenters. The van der Waals surface area contributed by atoms with Gasteiger partial charge in [0, 0.05) is 29.7 Å². The maximum Gasteiger partial charge on any atom is 0.255 e. The van der Waals surface area contributed by atoms with E-state index in [1.165, 1.54) is 0 Å². The molecule has 0 fully saturated rings. The average molecular weight is 486 g/mol. The molecular formula is C28H27N3O5. The minimum absolute atomic E-state index is 0.199. The molecule has 0 radical (unpaired) electrons. The van der Waals surface area contributed by atoms with E-state index in [9.17, 15) is 14.7 Å². The van der Waals surface area contributed by atoms with Crippen LogP contribution in [0.25, 0.3) is 22.0 Å². The second kappa shape index (κ2) is 10.1. The van der Waals surface area contributed by atoms with Crippen molar-refractivity contribution in [2.24, 2.45) is 0 Å². The van der Waals surface area contributed by atoms with Crippen LogP contribution in [-0.4, -0.2) is 54.8 Å². The molecule has 1 aliphatic rings. The van der Waals surface area contributed by atoms with Gasteiger partial charge in [-0.1, -0.05) is 30.3 Å². The Bertz CT molecular complexity index is 1430. The fourth-order valence-electron chi connectivity index (χ4n) is 4.46. The lowest BCUT2D eigenvalue weighted by atomic mass is 9.98. The van der Waals surface area contributed by atoms with Crippen molar-refractivity contribution in [3.63, 3.8) is 0 Å². The number of fused-ring (bicyclic) bond motifs is 2. The zero-order chi connectivity index (χ0) is 25.1. The molecule has 1 aromatic heterocycles. The van der Waals surface area contributed by atoms with Gasteiger partial charge in [0.15, 0.2) is 11.5 Å². The van der Waals surface area contributed by atoms with Crippen molar-refractivity contribution >= 4 is 22.7 Å². The van der Waals surface area contributed by atoms with E-state index >= 15 is 0 Å². The van der Waals surface area contributed by atoms with Gasteiger partial charge in [-0.25, -0.2) is 0 Å². The van der Waals surface area contributed by atoms with Crippen molar-refractivity contribution in [2.75, 3.05) is 26.9 Å². The largest absolute Gasteiger partial charge is 0.486 e. The van der Waals surface area contributed by atoms with Crippen molar-refractivity contribution in [3.8, 4) is 22.6 Å². The standard InChI is InChI=1S/C28H27N3O5/c1-29-27(33)18-6-4-5-17(11-18)19-13-23(26-25(14-19)35-9-10-36-26)28(34)31-21(16-32)12-20-15-30-24-8-3-2-7-22(20)24/h2-8,11,13-15,21,30,32H,9-10,12,16H2,1H3,(H,29,33)(H,31,34)/t21-/m1/s1. The molecule has 2 amide bonds. The third kappa shape index (κ3) is 4.63. The normalized spacial score (nSPS) is 13.3. The molecule has 36 heavy (non-hydrogen) atoms. The highest BCUT2D eigenvalue weighted by atomic mass is 16.6. The summed E-state index contributed by atoms with van der Waals surface area (Å²) in [6.45, 7) is 0.478. The summed E-state index contributed by atoms with van der Waals surface area (Å²) < 4.78 is 11.6. The number of hydrogen-bond acceptors (Lipinski definition) is 5. The van der Waals surface area contributed by atoms with E-state index in [1.54, 1.807) is 31.3 Å². The van der Waals surface area contributed by atoms with Crippen LogP contribution in [-0.2, 0) is 6.42 Å². The lowest BCUT2D eigenvalue weighted by molar-refractivity contribution is 0.0904. The molecule has 4 aromatic rings. The number of aliphatic hydroxyl groups excluding tert-OH is 1. The van der Waals surface area contributed by atoms with E-state index in [4.69, 9.17) is 9.47 Å². The first-order valence-electron chi connectivity index (χ1n) is 11.8. The quantitative estimate of drug-likeness (QED) is 0.321. The van der Waals surface area contributed by atoms with E-state index in [-0.39, 0.29) is 18.4 Å². The topological polar surface area (TPSA) is 113 Å². The number of aliphatic hydroxyl groups is 1. The van der Waals surface area contributed by atoms with Crippen LogP contribution in [0.4, 0.5) is 0 Å². The number of carbonyl (C=O) groups is 2. The monoisotopic (exact) mass is 485 g/mol. The fraction of sp³-hybridized carbons (Fsp3) is 0.214. The van der Waals surface area contributed by atoms with E-state index in [0.717, 1.165) is 22.0 Å². The van der Waals surface area contributed by atoms with E-state index in [0.29, 0.717) is 47.8 Å². The number of benzene rings is 3. The summed E-state index contributed by atoms with van der Waals surface area (Å²) >= 11 is 0. The first-order chi connectivity index (χ1) is 17.6. The van der Waals surface area contributed by atoms with Crippen LogP contribution in [0.1, 0.15) is 26.3 Å². The van der Waals surface area contributed by atoms with Crippen molar-refractivity contribution in [2.45, 2.75) is 12.5 Å². The molecule has 0 aliphatic carbocycles. The van der Waals surface area contributed by atoms with Crippen molar-refractivity contribution in [3.05, 3.63) is 83.6 Å². The summed E-state index contributed by atoms with van der Waals surface area (Å²) in [5, 5.41) is 16.7. The zero-order valence-corrected chi connectivity index (χ0v) is 19.8. The average Bonchev–Trinajstić information content (AvgIpc) is 3.34. The number of nitrogens with one attached hydrogen (secondary N) is 3. The zero-order valence-electron chi connectivity index (χ0n) is 19.8. The molecule has 184 valence electrons. The first-order valence-corrected chi connectivity index (χ1v) is 11.8. The number of amides is 2. The first kappa shape index (κ1) is 23.4. The second-order valence-electron chi connectivity index (χ2n) is 8.62. The minimum atomic E-state index is -0.503. The van der Waals surface area contributed by atoms with Gasteiger partial charge in [-0.2, -0.15) is 0 Å². The molecule has 4 N–H and O–H groups in total. The van der Waals surface area contributed by atoms with Crippen LogP contribution in [0.2, 0.25) is 0 Å². The van der Waals surface area contributed by atoms with Crippen LogP contribution in [0.3, 0.4) is 0 Å². The molecule has 0 bridgehead atoms. The molecule has 0 spiro atoms. The fourth-order valence-corrected chi connectivity index (χ4v) is 4.46. The van der Waals surface area contributed by atoms with Crippen LogP contribution in [0.5, 0.6) is 11.5 Å². The van der Waals surface area contributed by atoms with Crippen LogP contribution in [0, 0.1) is 0 Å². The Kier molecular flexibility index (Phi) is 6.60. The second-order valence-corrected chi connectivity index (χ2v) is 8.62. The molecule has 8 nitrogen and oxygen atoms in total. The van der Waals surface area contributed by atoms with Crippen LogP contribution in [0.15, 0.2) is 66.9 Å². The molecule has 0 unspecified atom stereocenters. The van der Waals surface area contributed by atoms with Gasteiger partial charge in [-0.05, 0) is 53.4 Å². The molecule has 8 heteroatoms. The lowest BCUT2D eigenvalue weighted by Gasteiger charge is -2.23. The van der Waals surface area contributed by atoms with Crippen molar-refractivity contribution in [1.82, 2.24) is 15.6 Å². The highest BCUT2D eigenvalue weighted by molar-refractivity contribution is 6.00. The van der Waals surface area contributed by atoms with Crippen LogP contribution < -0.4 is 20.1 Å². The van der Waals surface area contributed by atoms with Crippen LogP contribution >= 0.6 is 0 Å². The third-order valence-electron chi connectivity index (χ3n) is 6.27. The van der Waals surface area contributed by atoms with Gasteiger partial charge in [-0.15, -0.1) is 0 Å². The molecule has 0 saturated carbocycles. The van der Waals surface area contributed by atoms with Gasteiger partial charge in [0.25, 0.3) is 11.8 Å². The Morgan fingerprint density at radius 3 is 2.67 bits per heavy atom. The molecular weight excluding hydrogens is 458 g/mol. The Balaban J connectivity index is 1.45. The summed E-state index contributed by atoms with van der Waals surface area (Å²) in [7, 11) is 1.58. The number of H-pyrrole nitrogens is 1. The van der Waals surface area contributed by atoms with E-state index in [1.807, 2.05) is 42.6 Å². The smallest absolute Gasteiger partial charge is 0.255 e. The Morgan fingerprint density at radius 2 is 1.83 bits per heavy atom. The number of aromatic amines is 1. The van der Waals surface area contributed by atoms with Gasteiger partial charge >= 0.3 is 0 Å². The Morgan fingerprint density at radius 1 is 1.00 bits per heavy atom. The molecule has 2 heterocycles. The maximum atomic E-state index is 13.5. The number of para-hydroxylation sites is 1. The highest BCUT2D eigenvalue weighted by Gasteiger charge is 2.25. The maximum absolute atomic E-state index is 13.5. The predicted molar refractivity (Wildman–Crippen MR) is 137 cm³/mol. The number of hydrogen-bond donors (Lipinski definition) is 4. The van der Waals surface area contributed by atoms with Gasteiger partial charge in [0.2, 0.25) is 0 Å². The SMILES string of the molecule is CNC(=O)c1cccc(-c2cc3c(c(C(=O)N[C@@H](CO)Cc4c[nH]c5ccccc45)c2)OCCO3)c1. The number of aromatic nitrogens is 1. The van der Waals surface area contributed by atoms with Crippen molar-refractivity contribution in [1.29, 1.82) is 0 Å². The predicted octanol–water partition coefficient (Wildman–Crippen LogP) is 3.30. The van der Waals surface area contributed by atoms with Gasteiger partial charge in [0.05, 0.1) is 18.2 Å². The number of rotatable bonds is 7. The minimum Gasteiger partial charge on any atom is -0.486 e. The summed E-state index contributed by atoms with van der Waals surface area (Å²) in [5.74, 6) is 0.260. The summed E-state index contributed by atoms with van der Waals surface area (Å²) in [4.78, 5) is 28.8. The van der Waals surface area contributed by atoms with Crippen molar-refractivity contribution < 1.29 is 24.2 Å². The highest BCUT2D eigenvalue weighted by Crippen LogP contribution is 2.38. The number of ether oxygens (including phenoxy) is 2. The van der Waals surface area contributed by atoms with E-state index in [2.05, 4.69) is 15.6 Å². The van der Waals surface area contributed by atoms with Gasteiger partial charge in [-0.3, -0.25) is 9.59 Å². The summed E-state index contributed by atoms with van der Waals surface area (Å²) in [5.41, 5.74) is 4.31. The molecule has 3 aromatic carbocycles. The van der Waals surface area contributed by atoms with Gasteiger partial charge < -0.3 is 30.2 Å². The molecule has 5 rings (SSSR count). The Hall–Kier alpha value is -4.30. The molecule has 0 saturated heterocycles. The van der Waals surface area contributed by atoms with E-state index < -0.39 is 6.04 Å². The summed E-state index contributed by atoms with van der Waals surface area (Å²) in [6, 6.07) is 18.1. The lowest BCUT2D eigenvalue weighted by Crippen LogP contribution is -2.39. The molecule has 1 aliphatic heterocycles. The summed E-state index contributed by atoms with van der Waals surface area (Å²) in [6.07, 6.45) is 2.36. The third-order valence-corrected chi connectivity index (χ3v) is 6.27.